The van der Waals surface area contributed by atoms with E-state index in [9.17, 15) is 4.39 Å². The van der Waals surface area contributed by atoms with Crippen LogP contribution in [0, 0.1) is 12.7 Å². The van der Waals surface area contributed by atoms with Crippen LogP contribution in [0.15, 0.2) is 30.5 Å². The van der Waals surface area contributed by atoms with E-state index >= 15 is 0 Å². The van der Waals surface area contributed by atoms with Crippen molar-refractivity contribution in [1.82, 2.24) is 19.7 Å². The van der Waals surface area contributed by atoms with E-state index in [1.54, 1.807) is 30.1 Å². The van der Waals surface area contributed by atoms with Crippen LogP contribution >= 0.6 is 11.8 Å². The van der Waals surface area contributed by atoms with E-state index in [1.807, 2.05) is 13.0 Å². The van der Waals surface area contributed by atoms with Crippen molar-refractivity contribution in [3.8, 4) is 0 Å². The Morgan fingerprint density at radius 3 is 2.91 bits per heavy atom. The Balaban J connectivity index is 1.51. The molecule has 1 fully saturated rings. The Labute approximate surface area is 138 Å². The molecule has 0 saturated heterocycles. The second kappa shape index (κ2) is 5.92. The summed E-state index contributed by atoms with van der Waals surface area (Å²) in [6.45, 7) is 2.01. The fourth-order valence-corrected chi connectivity index (χ4v) is 3.82. The molecule has 0 amide bonds. The molecular formula is C17H17FN4S. The van der Waals surface area contributed by atoms with Gasteiger partial charge in [0.05, 0.1) is 11.3 Å². The Morgan fingerprint density at radius 1 is 1.22 bits per heavy atom. The maximum Gasteiger partial charge on any atom is 0.143 e. The SMILES string of the molecule is Cc1nnc(CSCc2ccc(F)c3cccnc23)n1C1CC1. The van der Waals surface area contributed by atoms with Gasteiger partial charge in [0.2, 0.25) is 0 Å². The van der Waals surface area contributed by atoms with Gasteiger partial charge < -0.3 is 4.57 Å². The molecule has 0 atom stereocenters. The lowest BCUT2D eigenvalue weighted by atomic mass is 10.1. The number of thioether (sulfide) groups is 1. The van der Waals surface area contributed by atoms with E-state index in [2.05, 4.69) is 19.7 Å². The van der Waals surface area contributed by atoms with Gasteiger partial charge in [-0.15, -0.1) is 22.0 Å². The van der Waals surface area contributed by atoms with Crippen molar-refractivity contribution >= 4 is 22.7 Å². The number of halogens is 1. The van der Waals surface area contributed by atoms with Gasteiger partial charge in [0, 0.05) is 23.4 Å². The van der Waals surface area contributed by atoms with Gasteiger partial charge in [-0.05, 0) is 43.5 Å². The molecule has 4 rings (SSSR count). The number of hydrogen-bond acceptors (Lipinski definition) is 4. The van der Waals surface area contributed by atoms with E-state index < -0.39 is 0 Å². The van der Waals surface area contributed by atoms with Crippen LogP contribution in [0.4, 0.5) is 4.39 Å². The molecule has 0 unspecified atom stereocenters. The van der Waals surface area contributed by atoms with Crippen molar-refractivity contribution in [2.45, 2.75) is 37.3 Å². The molecule has 4 nitrogen and oxygen atoms in total. The highest BCUT2D eigenvalue weighted by molar-refractivity contribution is 7.97. The van der Waals surface area contributed by atoms with Crippen molar-refractivity contribution in [2.24, 2.45) is 0 Å². The quantitative estimate of drug-likeness (QED) is 0.709. The highest BCUT2D eigenvalue weighted by atomic mass is 32.2. The summed E-state index contributed by atoms with van der Waals surface area (Å²) in [6.07, 6.45) is 4.16. The van der Waals surface area contributed by atoms with Crippen LogP contribution in [-0.4, -0.2) is 19.7 Å². The normalized spacial score (nSPS) is 14.5. The average molecular weight is 328 g/mol. The molecule has 1 aromatic carbocycles. The molecule has 0 spiro atoms. The number of benzene rings is 1. The van der Waals surface area contributed by atoms with Crippen molar-refractivity contribution < 1.29 is 4.39 Å². The van der Waals surface area contributed by atoms with Crippen molar-refractivity contribution in [2.75, 3.05) is 0 Å². The third kappa shape index (κ3) is 2.83. The molecule has 118 valence electrons. The molecule has 0 N–H and O–H groups in total. The van der Waals surface area contributed by atoms with Gasteiger partial charge >= 0.3 is 0 Å². The molecule has 23 heavy (non-hydrogen) atoms. The van der Waals surface area contributed by atoms with Gasteiger partial charge in [0.15, 0.2) is 0 Å². The van der Waals surface area contributed by atoms with Crippen LogP contribution < -0.4 is 0 Å². The Kier molecular flexibility index (Phi) is 3.77. The number of aryl methyl sites for hydroxylation is 1. The third-order valence-electron chi connectivity index (χ3n) is 4.14. The summed E-state index contributed by atoms with van der Waals surface area (Å²) < 4.78 is 16.1. The molecule has 6 heteroatoms. The van der Waals surface area contributed by atoms with Gasteiger partial charge in [-0.25, -0.2) is 4.39 Å². The molecule has 0 bridgehead atoms. The van der Waals surface area contributed by atoms with Crippen LogP contribution in [0.3, 0.4) is 0 Å². The maximum atomic E-state index is 13.8. The smallest absolute Gasteiger partial charge is 0.143 e. The van der Waals surface area contributed by atoms with Gasteiger partial charge in [-0.3, -0.25) is 4.98 Å². The van der Waals surface area contributed by atoms with Crippen LogP contribution in [-0.2, 0) is 11.5 Å². The molecule has 0 aliphatic heterocycles. The minimum absolute atomic E-state index is 0.217. The second-order valence-corrected chi connectivity index (χ2v) is 6.85. The molecule has 1 saturated carbocycles. The summed E-state index contributed by atoms with van der Waals surface area (Å²) in [5.74, 6) is 3.41. The lowest BCUT2D eigenvalue weighted by molar-refractivity contribution is 0.639. The van der Waals surface area contributed by atoms with Gasteiger partial charge in [0.25, 0.3) is 0 Å². The maximum absolute atomic E-state index is 13.8. The topological polar surface area (TPSA) is 43.6 Å². The first-order valence-corrected chi connectivity index (χ1v) is 8.90. The Hall–Kier alpha value is -1.95. The van der Waals surface area contributed by atoms with E-state index in [-0.39, 0.29) is 5.82 Å². The highest BCUT2D eigenvalue weighted by Gasteiger charge is 2.27. The fourth-order valence-electron chi connectivity index (χ4n) is 2.88. The number of hydrogen-bond donors (Lipinski definition) is 0. The zero-order valence-corrected chi connectivity index (χ0v) is 13.7. The number of pyridine rings is 1. The zero-order valence-electron chi connectivity index (χ0n) is 12.9. The van der Waals surface area contributed by atoms with E-state index in [1.165, 1.54) is 18.9 Å². The first kappa shape index (κ1) is 14.6. The fraction of sp³-hybridized carbons (Fsp3) is 0.353. The summed E-state index contributed by atoms with van der Waals surface area (Å²) in [4.78, 5) is 4.34. The van der Waals surface area contributed by atoms with Gasteiger partial charge in [-0.1, -0.05) is 6.07 Å². The number of nitrogens with zero attached hydrogens (tertiary/aromatic N) is 4. The molecule has 0 radical (unpaired) electrons. The Bertz CT molecular complexity index is 857. The second-order valence-electron chi connectivity index (χ2n) is 5.86. The minimum Gasteiger partial charge on any atom is -0.311 e. The summed E-state index contributed by atoms with van der Waals surface area (Å²) >= 11 is 1.77. The third-order valence-corrected chi connectivity index (χ3v) is 5.12. The summed E-state index contributed by atoms with van der Waals surface area (Å²) in [6, 6.07) is 7.49. The standard InChI is InChI=1S/C17H17FN4S/c1-11-20-21-16(22(11)13-5-6-13)10-23-9-12-4-7-15(18)14-3-2-8-19-17(12)14/h2-4,7-8,13H,5-6,9-10H2,1H3. The van der Waals surface area contributed by atoms with E-state index in [4.69, 9.17) is 0 Å². The monoisotopic (exact) mass is 328 g/mol. The first-order valence-electron chi connectivity index (χ1n) is 7.74. The molecule has 2 heterocycles. The summed E-state index contributed by atoms with van der Waals surface area (Å²) in [7, 11) is 0. The average Bonchev–Trinajstić information content (AvgIpc) is 3.33. The molecule has 1 aliphatic carbocycles. The number of fused-ring (bicyclic) bond motifs is 1. The largest absolute Gasteiger partial charge is 0.311 e. The van der Waals surface area contributed by atoms with Crippen LogP contribution in [0.2, 0.25) is 0 Å². The molecule has 1 aliphatic rings. The predicted molar refractivity (Wildman–Crippen MR) is 89.7 cm³/mol. The van der Waals surface area contributed by atoms with E-state index in [0.717, 1.165) is 34.2 Å². The predicted octanol–water partition coefficient (Wildman–Crippen LogP) is 4.04. The van der Waals surface area contributed by atoms with Crippen LogP contribution in [0.1, 0.15) is 36.1 Å². The van der Waals surface area contributed by atoms with Crippen molar-refractivity contribution in [3.05, 3.63) is 53.5 Å². The lowest BCUT2D eigenvalue weighted by Gasteiger charge is -2.08. The highest BCUT2D eigenvalue weighted by Crippen LogP contribution is 2.37. The summed E-state index contributed by atoms with van der Waals surface area (Å²) in [5, 5.41) is 9.09. The molecule has 3 aromatic rings. The van der Waals surface area contributed by atoms with Gasteiger partial charge in [-0.2, -0.15) is 0 Å². The zero-order chi connectivity index (χ0) is 15.8. The molecule has 2 aromatic heterocycles. The van der Waals surface area contributed by atoms with Gasteiger partial charge in [0.1, 0.15) is 17.5 Å². The summed E-state index contributed by atoms with van der Waals surface area (Å²) in [5.41, 5.74) is 1.81. The number of aromatic nitrogens is 4. The first-order chi connectivity index (χ1) is 11.2. The van der Waals surface area contributed by atoms with Crippen molar-refractivity contribution in [3.63, 3.8) is 0 Å². The van der Waals surface area contributed by atoms with Crippen LogP contribution in [0.5, 0.6) is 0 Å². The Morgan fingerprint density at radius 2 is 2.09 bits per heavy atom. The minimum atomic E-state index is -0.217. The lowest BCUT2D eigenvalue weighted by Crippen LogP contribution is -2.02. The number of rotatable bonds is 5. The van der Waals surface area contributed by atoms with Crippen molar-refractivity contribution in [1.29, 1.82) is 0 Å². The molecular weight excluding hydrogens is 311 g/mol. The van der Waals surface area contributed by atoms with E-state index in [0.29, 0.717) is 11.4 Å². The van der Waals surface area contributed by atoms with Crippen LogP contribution in [0.25, 0.3) is 10.9 Å².